The summed E-state index contributed by atoms with van der Waals surface area (Å²) in [6.45, 7) is 0. The lowest BCUT2D eigenvalue weighted by Gasteiger charge is -2.04. The van der Waals surface area contributed by atoms with Crippen molar-refractivity contribution in [2.45, 2.75) is 0 Å². The zero-order chi connectivity index (χ0) is 19.1. The lowest BCUT2D eigenvalue weighted by Crippen LogP contribution is -2.03. The second kappa shape index (κ2) is 6.51. The number of halogens is 2. The van der Waals surface area contributed by atoms with Crippen molar-refractivity contribution < 1.29 is 23.5 Å². The number of benzene rings is 2. The van der Waals surface area contributed by atoms with E-state index in [0.717, 1.165) is 6.07 Å². The van der Waals surface area contributed by atoms with Crippen LogP contribution in [0.2, 0.25) is 0 Å². The fourth-order valence-corrected chi connectivity index (χ4v) is 3.31. The molecule has 1 aromatic heterocycles. The molecule has 3 aromatic rings. The number of phenols is 1. The Kier molecular flexibility index (Phi) is 4.16. The lowest BCUT2D eigenvalue weighted by atomic mass is 9.99. The van der Waals surface area contributed by atoms with Crippen LogP contribution in [-0.2, 0) is 4.79 Å². The van der Waals surface area contributed by atoms with E-state index in [0.29, 0.717) is 22.4 Å². The number of furan rings is 1. The summed E-state index contributed by atoms with van der Waals surface area (Å²) >= 11 is 3.07. The first kappa shape index (κ1) is 17.2. The molecule has 0 bridgehead atoms. The van der Waals surface area contributed by atoms with E-state index in [2.05, 4.69) is 21.2 Å². The number of phenolic OH excluding ortho intramolecular Hbond substituents is 1. The van der Waals surface area contributed by atoms with E-state index < -0.39 is 11.6 Å². The van der Waals surface area contributed by atoms with Crippen LogP contribution in [0.1, 0.15) is 27.2 Å². The molecule has 27 heavy (non-hydrogen) atoms. The molecule has 2 N–H and O–H groups in total. The van der Waals surface area contributed by atoms with Crippen molar-refractivity contribution >= 4 is 45.0 Å². The minimum absolute atomic E-state index is 0.176. The Balaban J connectivity index is 1.78. The van der Waals surface area contributed by atoms with Gasteiger partial charge in [-0.15, -0.1) is 0 Å². The van der Waals surface area contributed by atoms with Crippen molar-refractivity contribution in [2.24, 2.45) is 0 Å². The summed E-state index contributed by atoms with van der Waals surface area (Å²) in [6, 6.07) is 10.6. The molecule has 1 aliphatic rings. The molecule has 0 aliphatic carbocycles. The topological polar surface area (TPSA) is 79.5 Å². The highest BCUT2D eigenvalue weighted by molar-refractivity contribution is 9.10. The maximum Gasteiger partial charge on any atom is 0.256 e. The summed E-state index contributed by atoms with van der Waals surface area (Å²) < 4.78 is 19.1. The van der Waals surface area contributed by atoms with Crippen molar-refractivity contribution in [3.05, 3.63) is 81.5 Å². The molecule has 2 aromatic carbocycles. The van der Waals surface area contributed by atoms with Gasteiger partial charge in [0.15, 0.2) is 17.3 Å². The van der Waals surface area contributed by atoms with Crippen LogP contribution < -0.4 is 5.32 Å². The molecule has 2 heterocycles. The third-order valence-electron chi connectivity index (χ3n) is 4.16. The molecule has 4 rings (SSSR count). The molecule has 0 unspecified atom stereocenters. The molecule has 1 amide bonds. The number of ketones is 1. The van der Waals surface area contributed by atoms with E-state index in [9.17, 15) is 19.1 Å². The largest absolute Gasteiger partial charge is 0.504 e. The van der Waals surface area contributed by atoms with Gasteiger partial charge in [-0.2, -0.15) is 0 Å². The molecule has 1 aliphatic heterocycles. The molecular weight excluding hydrogens is 417 g/mol. The Morgan fingerprint density at radius 3 is 2.74 bits per heavy atom. The SMILES string of the molecule is O=C1Nc2ccc(C(=O)c3ccco3)cc2/C1=C/c1cc(F)c(O)c(Br)c1. The molecule has 0 saturated carbocycles. The Morgan fingerprint density at radius 1 is 1.22 bits per heavy atom. The van der Waals surface area contributed by atoms with Crippen LogP contribution in [0.5, 0.6) is 5.75 Å². The fraction of sp³-hybridized carbons (Fsp3) is 0. The zero-order valence-electron chi connectivity index (χ0n) is 13.6. The van der Waals surface area contributed by atoms with E-state index in [1.54, 1.807) is 30.3 Å². The summed E-state index contributed by atoms with van der Waals surface area (Å²) in [4.78, 5) is 24.8. The Hall–Kier alpha value is -3.19. The molecule has 5 nitrogen and oxygen atoms in total. The van der Waals surface area contributed by atoms with Crippen LogP contribution in [0.15, 0.2) is 57.6 Å². The Bertz CT molecular complexity index is 1100. The van der Waals surface area contributed by atoms with Crippen molar-refractivity contribution in [1.82, 2.24) is 0 Å². The molecule has 0 radical (unpaired) electrons. The number of rotatable bonds is 3. The minimum Gasteiger partial charge on any atom is -0.504 e. The fourth-order valence-electron chi connectivity index (χ4n) is 2.86. The summed E-state index contributed by atoms with van der Waals surface area (Å²) in [5, 5.41) is 12.2. The predicted octanol–water partition coefficient (Wildman–Crippen LogP) is 4.61. The first-order valence-corrected chi connectivity index (χ1v) is 8.67. The number of amides is 1. The average molecular weight is 428 g/mol. The quantitative estimate of drug-likeness (QED) is 0.472. The number of carbonyl (C=O) groups excluding carboxylic acids is 2. The van der Waals surface area contributed by atoms with Gasteiger partial charge in [0.25, 0.3) is 5.91 Å². The lowest BCUT2D eigenvalue weighted by molar-refractivity contribution is -0.110. The van der Waals surface area contributed by atoms with Crippen LogP contribution in [0.3, 0.4) is 0 Å². The smallest absolute Gasteiger partial charge is 0.256 e. The average Bonchev–Trinajstić information content (AvgIpc) is 3.27. The van der Waals surface area contributed by atoms with E-state index in [-0.39, 0.29) is 27.5 Å². The number of nitrogens with one attached hydrogen (secondary N) is 1. The third kappa shape index (κ3) is 3.06. The molecule has 0 atom stereocenters. The van der Waals surface area contributed by atoms with Crippen molar-refractivity contribution in [1.29, 1.82) is 0 Å². The monoisotopic (exact) mass is 427 g/mol. The van der Waals surface area contributed by atoms with Gasteiger partial charge >= 0.3 is 0 Å². The number of hydrogen-bond donors (Lipinski definition) is 2. The van der Waals surface area contributed by atoms with Crippen molar-refractivity contribution in [3.8, 4) is 5.75 Å². The normalized spacial score (nSPS) is 14.3. The Morgan fingerprint density at radius 2 is 2.04 bits per heavy atom. The van der Waals surface area contributed by atoms with Crippen molar-refractivity contribution in [2.75, 3.05) is 5.32 Å². The van der Waals surface area contributed by atoms with Gasteiger partial charge in [-0.3, -0.25) is 9.59 Å². The standard InChI is InChI=1S/C20H11BrFNO4/c21-14-7-10(8-15(22)19(14)25)6-13-12-9-11(3-4-16(12)23-20(13)26)18(24)17-2-1-5-27-17/h1-9,25H,(H,23,26)/b13-6-. The number of carbonyl (C=O) groups is 2. The van der Waals surface area contributed by atoms with Gasteiger partial charge in [0.1, 0.15) is 0 Å². The van der Waals surface area contributed by atoms with E-state index >= 15 is 0 Å². The number of fused-ring (bicyclic) bond motifs is 1. The van der Waals surface area contributed by atoms with Crippen LogP contribution in [0.4, 0.5) is 10.1 Å². The van der Waals surface area contributed by atoms with Crippen LogP contribution >= 0.6 is 15.9 Å². The van der Waals surface area contributed by atoms with Crippen LogP contribution in [-0.4, -0.2) is 16.8 Å². The van der Waals surface area contributed by atoms with Gasteiger partial charge in [-0.05, 0) is 70.0 Å². The van der Waals surface area contributed by atoms with Crippen molar-refractivity contribution in [3.63, 3.8) is 0 Å². The van der Waals surface area contributed by atoms with Gasteiger partial charge < -0.3 is 14.8 Å². The molecule has 0 saturated heterocycles. The molecular formula is C20H11BrFNO4. The van der Waals surface area contributed by atoms with E-state index in [1.807, 2.05) is 0 Å². The van der Waals surface area contributed by atoms with Gasteiger partial charge in [0, 0.05) is 22.4 Å². The van der Waals surface area contributed by atoms with Gasteiger partial charge in [-0.25, -0.2) is 4.39 Å². The minimum atomic E-state index is -0.809. The second-order valence-electron chi connectivity index (χ2n) is 5.91. The highest BCUT2D eigenvalue weighted by Gasteiger charge is 2.26. The number of hydrogen-bond acceptors (Lipinski definition) is 4. The predicted molar refractivity (Wildman–Crippen MR) is 101 cm³/mol. The molecule has 0 fully saturated rings. The zero-order valence-corrected chi connectivity index (χ0v) is 15.2. The number of anilines is 1. The first-order valence-electron chi connectivity index (χ1n) is 7.88. The highest BCUT2D eigenvalue weighted by atomic mass is 79.9. The van der Waals surface area contributed by atoms with Crippen LogP contribution in [0, 0.1) is 5.82 Å². The van der Waals surface area contributed by atoms with Gasteiger partial charge in [-0.1, -0.05) is 0 Å². The summed E-state index contributed by atoms with van der Waals surface area (Å²) in [7, 11) is 0. The van der Waals surface area contributed by atoms with Gasteiger partial charge in [0.05, 0.1) is 10.7 Å². The molecule has 134 valence electrons. The molecule has 7 heteroatoms. The van der Waals surface area contributed by atoms with Gasteiger partial charge in [0.2, 0.25) is 5.78 Å². The van der Waals surface area contributed by atoms with E-state index in [4.69, 9.17) is 4.42 Å². The molecule has 0 spiro atoms. The second-order valence-corrected chi connectivity index (χ2v) is 6.77. The number of aromatic hydroxyl groups is 1. The summed E-state index contributed by atoms with van der Waals surface area (Å²) in [5.41, 5.74) is 2.13. The maximum absolute atomic E-state index is 13.8. The summed E-state index contributed by atoms with van der Waals surface area (Å²) in [5.74, 6) is -1.78. The van der Waals surface area contributed by atoms with E-state index in [1.165, 1.54) is 18.4 Å². The highest BCUT2D eigenvalue weighted by Crippen LogP contribution is 2.36. The first-order chi connectivity index (χ1) is 12.9. The van der Waals surface area contributed by atoms with Crippen LogP contribution in [0.25, 0.3) is 11.6 Å². The maximum atomic E-state index is 13.8. The third-order valence-corrected chi connectivity index (χ3v) is 4.76. The summed E-state index contributed by atoms with van der Waals surface area (Å²) in [6.07, 6.45) is 2.91. The Labute approximate surface area is 161 Å².